The van der Waals surface area contributed by atoms with E-state index in [4.69, 9.17) is 4.74 Å². The van der Waals surface area contributed by atoms with E-state index in [2.05, 4.69) is 24.5 Å². The lowest BCUT2D eigenvalue weighted by atomic mass is 9.83. The van der Waals surface area contributed by atoms with E-state index in [-0.39, 0.29) is 26.6 Å². The van der Waals surface area contributed by atoms with Gasteiger partial charge in [-0.2, -0.15) is 0 Å². The van der Waals surface area contributed by atoms with Crippen molar-refractivity contribution in [2.24, 2.45) is 11.8 Å². The largest absolute Gasteiger partial charge is 0.379 e. The van der Waals surface area contributed by atoms with Crippen LogP contribution in [0.4, 0.5) is 0 Å². The van der Waals surface area contributed by atoms with Gasteiger partial charge in [-0.05, 0) is 38.0 Å². The fourth-order valence-corrected chi connectivity index (χ4v) is 3.35. The lowest BCUT2D eigenvalue weighted by molar-refractivity contribution is -0.125. The molecule has 1 aliphatic carbocycles. The number of ketones is 1. The molecule has 0 bridgehead atoms. The summed E-state index contributed by atoms with van der Waals surface area (Å²) in [6, 6.07) is 0.184. The molecule has 0 saturated heterocycles. The van der Waals surface area contributed by atoms with Crippen LogP contribution in [0.25, 0.3) is 0 Å². The van der Waals surface area contributed by atoms with Gasteiger partial charge in [-0.1, -0.05) is 27.2 Å². The highest BCUT2D eigenvalue weighted by Gasteiger charge is 2.25. The number of nitrogens with one attached hydrogen (secondary N) is 2. The van der Waals surface area contributed by atoms with E-state index < -0.39 is 0 Å². The Morgan fingerprint density at radius 3 is 2.37 bits per heavy atom. The highest BCUT2D eigenvalue weighted by Crippen LogP contribution is 2.25. The van der Waals surface area contributed by atoms with Crippen molar-refractivity contribution in [3.8, 4) is 0 Å². The molecule has 1 saturated carbocycles. The van der Waals surface area contributed by atoms with E-state index in [1.165, 1.54) is 0 Å². The van der Waals surface area contributed by atoms with Crippen LogP contribution in [-0.2, 0) is 19.1 Å². The second-order valence-corrected chi connectivity index (χ2v) is 7.70. The Labute approximate surface area is 167 Å². The smallest absolute Gasteiger partial charge is 0.222 e. The highest BCUT2D eigenvalue weighted by molar-refractivity contribution is 5.81. The van der Waals surface area contributed by atoms with E-state index in [9.17, 15) is 14.4 Å². The van der Waals surface area contributed by atoms with Gasteiger partial charge in [0, 0.05) is 40.6 Å². The Morgan fingerprint density at radius 2 is 1.74 bits per heavy atom. The topological polar surface area (TPSA) is 84.5 Å². The lowest BCUT2D eigenvalue weighted by Gasteiger charge is -2.28. The minimum Gasteiger partial charge on any atom is -0.379 e. The lowest BCUT2D eigenvalue weighted by Crippen LogP contribution is -2.39. The summed E-state index contributed by atoms with van der Waals surface area (Å²) >= 11 is 0. The van der Waals surface area contributed by atoms with Gasteiger partial charge >= 0.3 is 0 Å². The van der Waals surface area contributed by atoms with Crippen LogP contribution >= 0.6 is 0 Å². The number of Topliss-reactive ketones (excluding diaryl/α,β-unsaturated/α-hetero) is 1. The first-order chi connectivity index (χ1) is 13.0. The zero-order valence-corrected chi connectivity index (χ0v) is 17.4. The predicted molar refractivity (Wildman–Crippen MR) is 111 cm³/mol. The fourth-order valence-electron chi connectivity index (χ4n) is 3.35. The molecule has 0 aromatic rings. The predicted octanol–water partition coefficient (Wildman–Crippen LogP) is 3.48. The van der Waals surface area contributed by atoms with Gasteiger partial charge in [0.1, 0.15) is 5.78 Å². The molecular formula is C21H42N2O4. The molecule has 0 spiro atoms. The molecule has 1 fully saturated rings. The Balaban J connectivity index is 0. The van der Waals surface area contributed by atoms with Gasteiger partial charge in [0.15, 0.2) is 0 Å². The monoisotopic (exact) mass is 386 g/mol. The van der Waals surface area contributed by atoms with Crippen molar-refractivity contribution >= 4 is 17.6 Å². The van der Waals surface area contributed by atoms with Crippen LogP contribution in [0.3, 0.4) is 0 Å². The first-order valence-corrected chi connectivity index (χ1v) is 10.6. The maximum absolute atomic E-state index is 12.0. The summed E-state index contributed by atoms with van der Waals surface area (Å²) < 4.78 is 5.43. The van der Waals surface area contributed by atoms with Crippen molar-refractivity contribution in [1.29, 1.82) is 0 Å². The average Bonchev–Trinajstić information content (AvgIpc) is 2.68. The van der Waals surface area contributed by atoms with E-state index >= 15 is 0 Å². The molecule has 1 unspecified atom stereocenters. The van der Waals surface area contributed by atoms with Gasteiger partial charge in [0.2, 0.25) is 11.8 Å². The maximum Gasteiger partial charge on any atom is 0.222 e. The normalized spacial score (nSPS) is 20.7. The van der Waals surface area contributed by atoms with Crippen molar-refractivity contribution in [1.82, 2.24) is 10.6 Å². The number of carbonyl (C=O) groups excluding carboxylic acids is 3. The molecule has 0 heterocycles. The number of amides is 2. The summed E-state index contributed by atoms with van der Waals surface area (Å²) in [6.45, 7) is 7.46. The van der Waals surface area contributed by atoms with Gasteiger partial charge in [-0.15, -0.1) is 0 Å². The first kappa shape index (κ1) is 23.6. The van der Waals surface area contributed by atoms with Crippen LogP contribution < -0.4 is 10.6 Å². The molecule has 1 aliphatic rings. The van der Waals surface area contributed by atoms with Gasteiger partial charge < -0.3 is 15.4 Å². The third-order valence-electron chi connectivity index (χ3n) is 5.50. The molecule has 6 heteroatoms. The molecule has 2 N–H and O–H groups in total. The van der Waals surface area contributed by atoms with E-state index in [1.807, 2.05) is 6.92 Å². The third kappa shape index (κ3) is 10.5. The second-order valence-electron chi connectivity index (χ2n) is 7.70. The van der Waals surface area contributed by atoms with Crippen LogP contribution in [0, 0.1) is 11.8 Å². The van der Waals surface area contributed by atoms with Crippen molar-refractivity contribution in [2.75, 3.05) is 19.8 Å². The number of hydrogen-bond acceptors (Lipinski definition) is 4. The second kappa shape index (κ2) is 13.7. The van der Waals surface area contributed by atoms with Gasteiger partial charge in [0.05, 0.1) is 13.2 Å². The number of rotatable bonds is 13. The number of ether oxygens (including phenoxy) is 1. The molecule has 1 rings (SSSR count). The van der Waals surface area contributed by atoms with Crippen molar-refractivity contribution < 1.29 is 22.0 Å². The summed E-state index contributed by atoms with van der Waals surface area (Å²) in [5, 5.41) is 5.88. The van der Waals surface area contributed by atoms with Gasteiger partial charge in [-0.25, -0.2) is 0 Å². The zero-order chi connectivity index (χ0) is 20.1. The SMILES string of the molecule is CCC(=O)C1CCC(NC(=O)CCOCCNC(=O)CCC(C)CC)CC1.[HH].[HH]. The molecule has 0 aliphatic heterocycles. The van der Waals surface area contributed by atoms with Crippen LogP contribution in [0.1, 0.15) is 81.4 Å². The number of hydrogen-bond donors (Lipinski definition) is 2. The van der Waals surface area contributed by atoms with Crippen LogP contribution in [-0.4, -0.2) is 43.4 Å². The minimum absolute atomic E-state index is 0. The maximum atomic E-state index is 12.0. The highest BCUT2D eigenvalue weighted by atomic mass is 16.5. The third-order valence-corrected chi connectivity index (χ3v) is 5.50. The zero-order valence-electron chi connectivity index (χ0n) is 17.4. The first-order valence-electron chi connectivity index (χ1n) is 10.6. The average molecular weight is 387 g/mol. The van der Waals surface area contributed by atoms with Crippen molar-refractivity contribution in [3.63, 3.8) is 0 Å². The molecule has 27 heavy (non-hydrogen) atoms. The van der Waals surface area contributed by atoms with Crippen LogP contribution in [0.5, 0.6) is 0 Å². The molecule has 1 atom stereocenters. The number of carbonyl (C=O) groups is 3. The quantitative estimate of drug-likeness (QED) is 0.475. The van der Waals surface area contributed by atoms with Gasteiger partial charge in [-0.3, -0.25) is 14.4 Å². The molecule has 0 aromatic heterocycles. The molecule has 2 amide bonds. The molecular weight excluding hydrogens is 344 g/mol. The minimum atomic E-state index is -0.00198. The summed E-state index contributed by atoms with van der Waals surface area (Å²) in [6.07, 6.45) is 7.03. The summed E-state index contributed by atoms with van der Waals surface area (Å²) in [5.41, 5.74) is 0. The molecule has 0 radical (unpaired) electrons. The Morgan fingerprint density at radius 1 is 1.04 bits per heavy atom. The fraction of sp³-hybridized carbons (Fsp3) is 0.857. The van der Waals surface area contributed by atoms with E-state index in [1.54, 1.807) is 0 Å². The molecule has 160 valence electrons. The van der Waals surface area contributed by atoms with Crippen LogP contribution in [0.2, 0.25) is 0 Å². The Hall–Kier alpha value is -1.43. The Bertz CT molecular complexity index is 470. The standard InChI is InChI=1S/C21H38N2O4.2H2/c1-4-16(3)6-11-20(25)22-13-15-27-14-12-21(26)23-18-9-7-17(8-10-18)19(24)5-2;;/h16-18H,4-15H2,1-3H3,(H,22,25)(H,23,26);2*1H. The van der Waals surface area contributed by atoms with E-state index in [0.29, 0.717) is 50.7 Å². The van der Waals surface area contributed by atoms with Crippen molar-refractivity contribution in [2.45, 2.75) is 84.6 Å². The molecule has 0 aromatic carbocycles. The van der Waals surface area contributed by atoms with Crippen molar-refractivity contribution in [3.05, 3.63) is 0 Å². The summed E-state index contributed by atoms with van der Waals surface area (Å²) in [7, 11) is 0. The van der Waals surface area contributed by atoms with Crippen LogP contribution in [0.15, 0.2) is 0 Å². The van der Waals surface area contributed by atoms with Gasteiger partial charge in [0.25, 0.3) is 0 Å². The summed E-state index contributed by atoms with van der Waals surface area (Å²) in [4.78, 5) is 35.3. The molecule has 6 nitrogen and oxygen atoms in total. The van der Waals surface area contributed by atoms with E-state index in [0.717, 1.165) is 38.5 Å². The summed E-state index contributed by atoms with van der Waals surface area (Å²) in [5.74, 6) is 1.17. The Kier molecular flexibility index (Phi) is 12.0.